The highest BCUT2D eigenvalue weighted by Crippen LogP contribution is 2.41. The van der Waals surface area contributed by atoms with E-state index >= 15 is 0 Å². The summed E-state index contributed by atoms with van der Waals surface area (Å²) in [5, 5.41) is 1.33. The zero-order chi connectivity index (χ0) is 8.84. The number of H-pyrrole nitrogens is 1. The van der Waals surface area contributed by atoms with Gasteiger partial charge in [0, 0.05) is 29.1 Å². The van der Waals surface area contributed by atoms with Gasteiger partial charge in [-0.3, -0.25) is 0 Å². The Morgan fingerprint density at radius 3 is 2.92 bits per heavy atom. The molecule has 2 heteroatoms. The highest BCUT2D eigenvalue weighted by atomic mass is 14.7. The van der Waals surface area contributed by atoms with Crippen LogP contribution in [0.2, 0.25) is 0 Å². The molecule has 66 valence electrons. The summed E-state index contributed by atoms with van der Waals surface area (Å²) in [5.74, 6) is 0.597. The molecule has 2 nitrogen and oxygen atoms in total. The summed E-state index contributed by atoms with van der Waals surface area (Å²) < 4.78 is 0. The van der Waals surface area contributed by atoms with Crippen molar-refractivity contribution in [2.24, 2.45) is 5.73 Å². The minimum Gasteiger partial charge on any atom is -0.361 e. The molecule has 0 amide bonds. The van der Waals surface area contributed by atoms with Crippen LogP contribution in [0.5, 0.6) is 0 Å². The Balaban J connectivity index is 2.22. The van der Waals surface area contributed by atoms with Gasteiger partial charge in [-0.1, -0.05) is 12.1 Å². The predicted octanol–water partition coefficient (Wildman–Crippen LogP) is 1.98. The first-order chi connectivity index (χ1) is 6.36. The van der Waals surface area contributed by atoms with Gasteiger partial charge in [0.15, 0.2) is 0 Å². The van der Waals surface area contributed by atoms with Gasteiger partial charge in [0.2, 0.25) is 0 Å². The molecule has 1 saturated carbocycles. The second kappa shape index (κ2) is 2.36. The number of aromatic amines is 1. The van der Waals surface area contributed by atoms with Crippen molar-refractivity contribution in [1.82, 2.24) is 4.98 Å². The molecular weight excluding hydrogens is 160 g/mol. The Hall–Kier alpha value is -1.28. The van der Waals surface area contributed by atoms with E-state index in [1.807, 2.05) is 6.20 Å². The second-order valence-corrected chi connectivity index (χ2v) is 3.79. The summed E-state index contributed by atoms with van der Waals surface area (Å²) >= 11 is 0. The van der Waals surface area contributed by atoms with Crippen LogP contribution in [0.3, 0.4) is 0 Å². The lowest BCUT2D eigenvalue weighted by Crippen LogP contribution is -2.00. The molecule has 2 aromatic rings. The van der Waals surface area contributed by atoms with Gasteiger partial charge in [-0.05, 0) is 24.1 Å². The number of benzene rings is 1. The molecule has 0 spiro atoms. The van der Waals surface area contributed by atoms with Crippen molar-refractivity contribution in [3.63, 3.8) is 0 Å². The normalized spacial score (nSPS) is 26.5. The van der Waals surface area contributed by atoms with Crippen LogP contribution in [-0.4, -0.2) is 11.0 Å². The van der Waals surface area contributed by atoms with E-state index in [4.69, 9.17) is 5.73 Å². The molecule has 0 aliphatic heterocycles. The van der Waals surface area contributed by atoms with Crippen molar-refractivity contribution in [2.75, 3.05) is 0 Å². The van der Waals surface area contributed by atoms with Gasteiger partial charge < -0.3 is 10.7 Å². The van der Waals surface area contributed by atoms with Crippen LogP contribution in [0.4, 0.5) is 0 Å². The monoisotopic (exact) mass is 172 g/mol. The summed E-state index contributed by atoms with van der Waals surface area (Å²) in [5.41, 5.74) is 8.48. The first kappa shape index (κ1) is 7.15. The maximum atomic E-state index is 5.85. The third kappa shape index (κ3) is 0.988. The van der Waals surface area contributed by atoms with E-state index in [1.165, 1.54) is 16.5 Å². The molecule has 2 atom stereocenters. The lowest BCUT2D eigenvalue weighted by atomic mass is 10.1. The van der Waals surface area contributed by atoms with E-state index in [0.29, 0.717) is 12.0 Å². The Kier molecular flexibility index (Phi) is 1.30. The van der Waals surface area contributed by atoms with E-state index < -0.39 is 0 Å². The van der Waals surface area contributed by atoms with Crippen LogP contribution < -0.4 is 5.73 Å². The summed E-state index contributed by atoms with van der Waals surface area (Å²) in [4.78, 5) is 3.22. The molecule has 1 aliphatic carbocycles. The zero-order valence-corrected chi connectivity index (χ0v) is 7.33. The Morgan fingerprint density at radius 2 is 2.15 bits per heavy atom. The van der Waals surface area contributed by atoms with Gasteiger partial charge in [0.1, 0.15) is 0 Å². The van der Waals surface area contributed by atoms with Gasteiger partial charge in [-0.25, -0.2) is 0 Å². The summed E-state index contributed by atoms with van der Waals surface area (Å²) in [7, 11) is 0. The van der Waals surface area contributed by atoms with Gasteiger partial charge in [0.25, 0.3) is 0 Å². The lowest BCUT2D eigenvalue weighted by Gasteiger charge is -2.00. The maximum Gasteiger partial charge on any atom is 0.0456 e. The van der Waals surface area contributed by atoms with Crippen LogP contribution in [0.25, 0.3) is 10.9 Å². The minimum atomic E-state index is 0.389. The number of nitrogens with two attached hydrogens (primary N) is 1. The Bertz CT molecular complexity index is 444. The van der Waals surface area contributed by atoms with E-state index in [9.17, 15) is 0 Å². The summed E-state index contributed by atoms with van der Waals surface area (Å²) in [6.45, 7) is 0. The van der Waals surface area contributed by atoms with E-state index in [2.05, 4.69) is 29.2 Å². The quantitative estimate of drug-likeness (QED) is 0.678. The molecule has 1 aromatic carbocycles. The largest absolute Gasteiger partial charge is 0.361 e. The first-order valence-corrected chi connectivity index (χ1v) is 4.68. The fourth-order valence-electron chi connectivity index (χ4n) is 2.01. The van der Waals surface area contributed by atoms with Crippen LogP contribution >= 0.6 is 0 Å². The van der Waals surface area contributed by atoms with Crippen molar-refractivity contribution >= 4 is 10.9 Å². The number of fused-ring (bicyclic) bond motifs is 1. The SMILES string of the molecule is NC1CC1c1cccc2[nH]ccc12. The topological polar surface area (TPSA) is 41.8 Å². The highest BCUT2D eigenvalue weighted by molar-refractivity contribution is 5.84. The van der Waals surface area contributed by atoms with Crippen molar-refractivity contribution in [1.29, 1.82) is 0 Å². The Labute approximate surface area is 76.8 Å². The Morgan fingerprint density at radius 1 is 1.31 bits per heavy atom. The molecule has 1 aliphatic rings. The van der Waals surface area contributed by atoms with Gasteiger partial charge >= 0.3 is 0 Å². The smallest absolute Gasteiger partial charge is 0.0456 e. The van der Waals surface area contributed by atoms with E-state index in [-0.39, 0.29) is 0 Å². The van der Waals surface area contributed by atoms with E-state index in [0.717, 1.165) is 6.42 Å². The number of aromatic nitrogens is 1. The fourth-order valence-corrected chi connectivity index (χ4v) is 2.01. The minimum absolute atomic E-state index is 0.389. The molecule has 13 heavy (non-hydrogen) atoms. The molecule has 1 aromatic heterocycles. The molecule has 3 N–H and O–H groups in total. The molecule has 2 unspecified atom stereocenters. The average Bonchev–Trinajstić information content (AvgIpc) is 2.66. The number of nitrogens with one attached hydrogen (secondary N) is 1. The highest BCUT2D eigenvalue weighted by Gasteiger charge is 2.35. The first-order valence-electron chi connectivity index (χ1n) is 4.68. The van der Waals surface area contributed by atoms with Crippen LogP contribution in [0, 0.1) is 0 Å². The van der Waals surface area contributed by atoms with Crippen LogP contribution in [0.15, 0.2) is 30.5 Å². The van der Waals surface area contributed by atoms with Gasteiger partial charge in [0.05, 0.1) is 0 Å². The fraction of sp³-hybridized carbons (Fsp3) is 0.273. The maximum absolute atomic E-state index is 5.85. The van der Waals surface area contributed by atoms with Crippen molar-refractivity contribution < 1.29 is 0 Å². The predicted molar refractivity (Wildman–Crippen MR) is 53.6 cm³/mol. The van der Waals surface area contributed by atoms with Crippen molar-refractivity contribution in [2.45, 2.75) is 18.4 Å². The van der Waals surface area contributed by atoms with Gasteiger partial charge in [-0.15, -0.1) is 0 Å². The molecule has 0 bridgehead atoms. The second-order valence-electron chi connectivity index (χ2n) is 3.79. The number of hydrogen-bond donors (Lipinski definition) is 2. The lowest BCUT2D eigenvalue weighted by molar-refractivity contribution is 0.998. The molecule has 1 fully saturated rings. The van der Waals surface area contributed by atoms with Crippen molar-refractivity contribution in [3.8, 4) is 0 Å². The third-order valence-corrected chi connectivity index (χ3v) is 2.87. The third-order valence-electron chi connectivity index (χ3n) is 2.87. The molecular formula is C11H12N2. The van der Waals surface area contributed by atoms with Crippen LogP contribution in [-0.2, 0) is 0 Å². The zero-order valence-electron chi connectivity index (χ0n) is 7.33. The standard InChI is InChI=1S/C11H12N2/c12-10-6-9(10)7-2-1-3-11-8(7)4-5-13-11/h1-5,9-10,13H,6,12H2. The molecule has 0 radical (unpaired) electrons. The molecule has 3 rings (SSSR count). The van der Waals surface area contributed by atoms with Gasteiger partial charge in [-0.2, -0.15) is 0 Å². The average molecular weight is 172 g/mol. The van der Waals surface area contributed by atoms with Crippen LogP contribution in [0.1, 0.15) is 17.9 Å². The molecule has 0 saturated heterocycles. The summed E-state index contributed by atoms with van der Waals surface area (Å²) in [6, 6.07) is 8.91. The van der Waals surface area contributed by atoms with E-state index in [1.54, 1.807) is 0 Å². The number of hydrogen-bond acceptors (Lipinski definition) is 1. The number of rotatable bonds is 1. The van der Waals surface area contributed by atoms with Crippen molar-refractivity contribution in [3.05, 3.63) is 36.0 Å². The summed E-state index contributed by atoms with van der Waals surface area (Å²) in [6.07, 6.45) is 3.13. The molecule has 1 heterocycles.